The summed E-state index contributed by atoms with van der Waals surface area (Å²) in [5, 5.41) is 3.54. The van der Waals surface area contributed by atoms with E-state index in [-0.39, 0.29) is 5.91 Å². The van der Waals surface area contributed by atoms with E-state index in [0.29, 0.717) is 28.2 Å². The highest BCUT2D eigenvalue weighted by molar-refractivity contribution is 7.80. The summed E-state index contributed by atoms with van der Waals surface area (Å²) < 4.78 is 0. The predicted molar refractivity (Wildman–Crippen MR) is 107 cm³/mol. The van der Waals surface area contributed by atoms with E-state index in [0.717, 1.165) is 50.5 Å². The van der Waals surface area contributed by atoms with E-state index < -0.39 is 0 Å². The van der Waals surface area contributed by atoms with Gasteiger partial charge in [0.15, 0.2) is 0 Å². The fourth-order valence-electron chi connectivity index (χ4n) is 2.82. The predicted octanol–water partition coefficient (Wildman–Crippen LogP) is 3.62. The van der Waals surface area contributed by atoms with Gasteiger partial charge >= 0.3 is 0 Å². The second-order valence-corrected chi connectivity index (χ2v) is 7.16. The van der Waals surface area contributed by atoms with Crippen molar-refractivity contribution in [2.75, 3.05) is 0 Å². The molecule has 0 fully saturated rings. The number of unbranched alkanes of at least 4 members (excludes halogenated alkanes) is 1. The SMILES string of the molecule is NNC(=S)CCCCC1C=NC(NC(=O)CC2=CCCC=C2Cl)=CC1. The van der Waals surface area contributed by atoms with Crippen molar-refractivity contribution in [1.82, 2.24) is 10.7 Å². The van der Waals surface area contributed by atoms with Gasteiger partial charge in [0, 0.05) is 11.2 Å². The van der Waals surface area contributed by atoms with Crippen molar-refractivity contribution in [1.29, 1.82) is 0 Å². The number of nitrogens with zero attached hydrogens (tertiary/aromatic N) is 1. The van der Waals surface area contributed by atoms with Crippen molar-refractivity contribution in [3.63, 3.8) is 0 Å². The normalized spacial score (nSPS) is 19.6. The molecule has 5 nitrogen and oxygen atoms in total. The fraction of sp³-hybridized carbons (Fsp3) is 0.500. The topological polar surface area (TPSA) is 79.5 Å². The van der Waals surface area contributed by atoms with Gasteiger partial charge in [0.1, 0.15) is 5.82 Å². The summed E-state index contributed by atoms with van der Waals surface area (Å²) in [5.41, 5.74) is 3.40. The maximum atomic E-state index is 12.1. The van der Waals surface area contributed by atoms with E-state index in [9.17, 15) is 4.79 Å². The van der Waals surface area contributed by atoms with Crippen molar-refractivity contribution in [3.05, 3.63) is 34.7 Å². The van der Waals surface area contributed by atoms with Crippen LogP contribution >= 0.6 is 23.8 Å². The summed E-state index contributed by atoms with van der Waals surface area (Å²) in [6, 6.07) is 0. The Kier molecular flexibility index (Phi) is 8.31. The first kappa shape index (κ1) is 19.8. The monoisotopic (exact) mass is 380 g/mol. The third-order valence-corrected chi connectivity index (χ3v) is 4.95. The van der Waals surface area contributed by atoms with Crippen LogP contribution in [0.3, 0.4) is 0 Å². The second-order valence-electron chi connectivity index (χ2n) is 6.26. The summed E-state index contributed by atoms with van der Waals surface area (Å²) >= 11 is 11.1. The van der Waals surface area contributed by atoms with E-state index in [4.69, 9.17) is 29.7 Å². The lowest BCUT2D eigenvalue weighted by Crippen LogP contribution is -2.28. The van der Waals surface area contributed by atoms with Crippen molar-refractivity contribution < 1.29 is 4.79 Å². The van der Waals surface area contributed by atoms with Crippen molar-refractivity contribution >= 4 is 40.9 Å². The van der Waals surface area contributed by atoms with Crippen LogP contribution in [0.25, 0.3) is 0 Å². The smallest absolute Gasteiger partial charge is 0.229 e. The number of thiocarbonyl (C=S) groups is 1. The van der Waals surface area contributed by atoms with E-state index >= 15 is 0 Å². The van der Waals surface area contributed by atoms with E-state index in [1.165, 1.54) is 0 Å². The Morgan fingerprint density at radius 1 is 1.32 bits per heavy atom. The van der Waals surface area contributed by atoms with Crippen molar-refractivity contribution in [3.8, 4) is 0 Å². The molecule has 0 saturated heterocycles. The molecule has 1 unspecified atom stereocenters. The molecule has 0 saturated carbocycles. The van der Waals surface area contributed by atoms with Gasteiger partial charge in [-0.05, 0) is 56.1 Å². The number of aliphatic imine (C=N–C) groups is 1. The van der Waals surface area contributed by atoms with Crippen LogP contribution in [0.2, 0.25) is 0 Å². The molecule has 7 heteroatoms. The van der Waals surface area contributed by atoms with E-state index in [2.05, 4.69) is 15.7 Å². The van der Waals surface area contributed by atoms with Crippen molar-refractivity contribution in [2.24, 2.45) is 16.8 Å². The number of halogens is 1. The lowest BCUT2D eigenvalue weighted by molar-refractivity contribution is -0.119. The Morgan fingerprint density at radius 2 is 2.12 bits per heavy atom. The molecule has 0 radical (unpaired) electrons. The number of nitrogens with two attached hydrogens (primary N) is 1. The molecule has 1 aliphatic carbocycles. The molecule has 0 aromatic rings. The molecule has 0 aromatic heterocycles. The third-order valence-electron chi connectivity index (χ3n) is 4.23. The number of hydrogen-bond donors (Lipinski definition) is 3. The highest BCUT2D eigenvalue weighted by Crippen LogP contribution is 2.25. The maximum Gasteiger partial charge on any atom is 0.229 e. The Balaban J connectivity index is 1.68. The molecule has 2 rings (SSSR count). The van der Waals surface area contributed by atoms with Gasteiger partial charge in [-0.15, -0.1) is 0 Å². The average Bonchev–Trinajstić information content (AvgIpc) is 2.62. The van der Waals surface area contributed by atoms with Crippen LogP contribution < -0.4 is 16.6 Å². The largest absolute Gasteiger partial charge is 0.318 e. The van der Waals surface area contributed by atoms with Crippen LogP contribution in [0.5, 0.6) is 0 Å². The molecule has 1 atom stereocenters. The highest BCUT2D eigenvalue weighted by Gasteiger charge is 2.15. The number of carbonyl (C=O) groups is 1. The summed E-state index contributed by atoms with van der Waals surface area (Å²) in [5.74, 6) is 6.22. The van der Waals surface area contributed by atoms with Gasteiger partial charge in [-0.1, -0.05) is 42.4 Å². The molecular weight excluding hydrogens is 356 g/mol. The summed E-state index contributed by atoms with van der Waals surface area (Å²) in [6.07, 6.45) is 14.9. The molecule has 0 aromatic carbocycles. The number of nitrogens with one attached hydrogen (secondary N) is 2. The minimum absolute atomic E-state index is 0.0793. The molecule has 0 bridgehead atoms. The number of hydrogen-bond acceptors (Lipinski definition) is 4. The minimum Gasteiger partial charge on any atom is -0.318 e. The quantitative estimate of drug-likeness (QED) is 0.260. The van der Waals surface area contributed by atoms with Crippen LogP contribution in [-0.2, 0) is 4.79 Å². The first-order valence-electron chi connectivity index (χ1n) is 8.67. The van der Waals surface area contributed by atoms with Gasteiger partial charge in [0.25, 0.3) is 0 Å². The highest BCUT2D eigenvalue weighted by atomic mass is 35.5. The minimum atomic E-state index is -0.0793. The Labute approximate surface area is 159 Å². The van der Waals surface area contributed by atoms with Crippen LogP contribution in [0, 0.1) is 5.92 Å². The van der Waals surface area contributed by atoms with Gasteiger partial charge in [-0.25, -0.2) is 4.99 Å². The van der Waals surface area contributed by atoms with Crippen LogP contribution in [0.1, 0.15) is 51.4 Å². The first-order valence-corrected chi connectivity index (χ1v) is 9.46. The third kappa shape index (κ3) is 7.10. The molecule has 1 aliphatic heterocycles. The zero-order valence-electron chi connectivity index (χ0n) is 14.3. The number of allylic oxidation sites excluding steroid dienone is 4. The molecule has 4 N–H and O–H groups in total. The molecular formula is C18H25ClN4OS. The number of amides is 1. The molecule has 2 aliphatic rings. The van der Waals surface area contributed by atoms with E-state index in [1.54, 1.807) is 0 Å². The molecule has 1 amide bonds. The van der Waals surface area contributed by atoms with Crippen LogP contribution in [0.15, 0.2) is 39.6 Å². The van der Waals surface area contributed by atoms with Gasteiger partial charge in [-0.2, -0.15) is 0 Å². The Bertz CT molecular complexity index is 625. The number of carbonyl (C=O) groups excluding carboxylic acids is 1. The molecule has 0 spiro atoms. The van der Waals surface area contributed by atoms with Gasteiger partial charge in [0.05, 0.1) is 11.4 Å². The van der Waals surface area contributed by atoms with Crippen LogP contribution in [0.4, 0.5) is 0 Å². The summed E-state index contributed by atoms with van der Waals surface area (Å²) in [6.45, 7) is 0. The second kappa shape index (κ2) is 10.5. The standard InChI is InChI=1S/C18H25ClN4OS/c19-15-7-3-2-6-14(15)11-17(24)22-16-10-9-13(12-21-16)5-1-4-8-18(25)23-20/h6-7,10,12-13H,1-5,8-9,11,20H2,(H,22,24)(H,23,25). The number of hydrazine groups is 1. The van der Waals surface area contributed by atoms with Crippen LogP contribution in [-0.4, -0.2) is 17.1 Å². The average molecular weight is 381 g/mol. The Morgan fingerprint density at radius 3 is 2.80 bits per heavy atom. The zero-order chi connectivity index (χ0) is 18.1. The summed E-state index contributed by atoms with van der Waals surface area (Å²) in [4.78, 5) is 17.2. The van der Waals surface area contributed by atoms with Gasteiger partial charge in [0.2, 0.25) is 5.91 Å². The molecule has 25 heavy (non-hydrogen) atoms. The fourth-order valence-corrected chi connectivity index (χ4v) is 3.21. The lowest BCUT2D eigenvalue weighted by Gasteiger charge is -2.16. The Hall–Kier alpha value is -1.50. The van der Waals surface area contributed by atoms with Crippen molar-refractivity contribution in [2.45, 2.75) is 51.4 Å². The summed E-state index contributed by atoms with van der Waals surface area (Å²) in [7, 11) is 0. The van der Waals surface area contributed by atoms with Gasteiger partial charge in [-0.3, -0.25) is 10.6 Å². The van der Waals surface area contributed by atoms with Gasteiger partial charge < -0.3 is 10.7 Å². The molecule has 136 valence electrons. The van der Waals surface area contributed by atoms with E-state index in [1.807, 2.05) is 24.4 Å². The maximum absolute atomic E-state index is 12.1. The zero-order valence-corrected chi connectivity index (χ0v) is 15.8. The molecule has 1 heterocycles. The lowest BCUT2D eigenvalue weighted by atomic mass is 9.97. The first-order chi connectivity index (χ1) is 12.1. The number of rotatable bonds is 8.